The highest BCUT2D eigenvalue weighted by molar-refractivity contribution is 6.30. The van der Waals surface area contributed by atoms with Crippen molar-refractivity contribution in [3.05, 3.63) is 46.5 Å². The highest BCUT2D eigenvalue weighted by Crippen LogP contribution is 2.19. The number of rotatable bonds is 3. The van der Waals surface area contributed by atoms with Crippen LogP contribution in [0.2, 0.25) is 5.02 Å². The molecule has 122 valence electrons. The molecule has 2 N–H and O–H groups in total. The number of aliphatic hydroxyl groups is 2. The van der Waals surface area contributed by atoms with Crippen LogP contribution in [0.5, 0.6) is 0 Å². The number of hydrogen-bond donors (Lipinski definition) is 2. The average Bonchev–Trinajstić information content (AvgIpc) is 2.86. The van der Waals surface area contributed by atoms with E-state index in [1.165, 1.54) is 6.20 Å². The van der Waals surface area contributed by atoms with Crippen molar-refractivity contribution in [2.45, 2.75) is 25.6 Å². The number of carbonyl (C=O) groups is 1. The van der Waals surface area contributed by atoms with E-state index < -0.39 is 6.10 Å². The summed E-state index contributed by atoms with van der Waals surface area (Å²) in [5.41, 5.74) is 1.59. The number of nitrogens with zero attached hydrogens (tertiary/aromatic N) is 4. The smallest absolute Gasteiger partial charge is 0.272 e. The Bertz CT molecular complexity index is 701. The van der Waals surface area contributed by atoms with Crippen molar-refractivity contribution in [1.29, 1.82) is 0 Å². The van der Waals surface area contributed by atoms with Gasteiger partial charge in [-0.2, -0.15) is 5.10 Å². The number of aliphatic hydroxyl groups excluding tert-OH is 2. The molecule has 0 aliphatic carbocycles. The van der Waals surface area contributed by atoms with Gasteiger partial charge in [-0.3, -0.25) is 9.48 Å². The predicted octanol–water partition coefficient (Wildman–Crippen LogP) is 1.00. The van der Waals surface area contributed by atoms with Crippen LogP contribution in [0, 0.1) is 0 Å². The second-order valence-corrected chi connectivity index (χ2v) is 5.86. The SMILES string of the molecule is O=C(c1ccc(Cl)cn1)N1CCCn2nc(C(O)CO)cc2C1. The van der Waals surface area contributed by atoms with Crippen LogP contribution >= 0.6 is 11.6 Å². The third-order valence-corrected chi connectivity index (χ3v) is 4.00. The molecule has 0 bridgehead atoms. The number of aryl methyl sites for hydroxylation is 1. The molecule has 1 unspecified atom stereocenters. The van der Waals surface area contributed by atoms with Crippen LogP contribution in [0.3, 0.4) is 0 Å². The molecular weight excluding hydrogens is 320 g/mol. The Balaban J connectivity index is 1.81. The van der Waals surface area contributed by atoms with Crippen molar-refractivity contribution in [3.8, 4) is 0 Å². The summed E-state index contributed by atoms with van der Waals surface area (Å²) in [6, 6.07) is 4.97. The van der Waals surface area contributed by atoms with E-state index in [0.29, 0.717) is 36.0 Å². The summed E-state index contributed by atoms with van der Waals surface area (Å²) >= 11 is 5.80. The van der Waals surface area contributed by atoms with Crippen molar-refractivity contribution in [3.63, 3.8) is 0 Å². The molecule has 0 radical (unpaired) electrons. The third-order valence-electron chi connectivity index (χ3n) is 3.78. The van der Waals surface area contributed by atoms with Crippen molar-refractivity contribution < 1.29 is 15.0 Å². The summed E-state index contributed by atoms with van der Waals surface area (Å²) in [6.07, 6.45) is 1.20. The Morgan fingerprint density at radius 3 is 2.91 bits per heavy atom. The summed E-state index contributed by atoms with van der Waals surface area (Å²) in [7, 11) is 0. The van der Waals surface area contributed by atoms with E-state index in [1.807, 2.05) is 0 Å². The van der Waals surface area contributed by atoms with Gasteiger partial charge in [-0.1, -0.05) is 11.6 Å². The number of halogens is 1. The lowest BCUT2D eigenvalue weighted by Gasteiger charge is -2.19. The number of fused-ring (bicyclic) bond motifs is 1. The molecule has 0 fully saturated rings. The van der Waals surface area contributed by atoms with E-state index >= 15 is 0 Å². The maximum absolute atomic E-state index is 12.6. The highest BCUT2D eigenvalue weighted by Gasteiger charge is 2.23. The van der Waals surface area contributed by atoms with E-state index in [4.69, 9.17) is 16.7 Å². The van der Waals surface area contributed by atoms with Gasteiger partial charge in [-0.05, 0) is 24.6 Å². The first-order valence-corrected chi connectivity index (χ1v) is 7.72. The highest BCUT2D eigenvalue weighted by atomic mass is 35.5. The lowest BCUT2D eigenvalue weighted by Crippen LogP contribution is -2.31. The molecule has 2 aromatic heterocycles. The second kappa shape index (κ2) is 6.66. The van der Waals surface area contributed by atoms with Crippen molar-refractivity contribution in [2.24, 2.45) is 0 Å². The fourth-order valence-electron chi connectivity index (χ4n) is 2.58. The standard InChI is InChI=1S/C15H17ClN4O3/c16-10-2-3-12(17-7-10)15(23)19-4-1-5-20-11(8-19)6-13(18-20)14(22)9-21/h2-3,6-7,14,21-22H,1,4-5,8-9H2. The van der Waals surface area contributed by atoms with Gasteiger partial charge in [-0.15, -0.1) is 0 Å². The molecule has 1 atom stereocenters. The maximum atomic E-state index is 12.6. The minimum atomic E-state index is -1.00. The van der Waals surface area contributed by atoms with Crippen LogP contribution in [-0.4, -0.2) is 48.9 Å². The van der Waals surface area contributed by atoms with E-state index in [2.05, 4.69) is 10.1 Å². The molecule has 1 amide bonds. The van der Waals surface area contributed by atoms with Crippen LogP contribution in [0.4, 0.5) is 0 Å². The molecule has 0 aromatic carbocycles. The van der Waals surface area contributed by atoms with Crippen molar-refractivity contribution >= 4 is 17.5 Å². The number of hydrogen-bond acceptors (Lipinski definition) is 5. The first-order chi connectivity index (χ1) is 11.1. The molecule has 0 saturated carbocycles. The molecule has 1 aliphatic heterocycles. The number of pyridine rings is 1. The van der Waals surface area contributed by atoms with Crippen LogP contribution in [0.1, 0.15) is 34.4 Å². The zero-order valence-corrected chi connectivity index (χ0v) is 13.1. The summed E-state index contributed by atoms with van der Waals surface area (Å²) in [5, 5.41) is 23.5. The largest absolute Gasteiger partial charge is 0.393 e. The molecule has 2 aromatic rings. The summed E-state index contributed by atoms with van der Waals surface area (Å²) in [5.74, 6) is -0.166. The Labute approximate surface area is 138 Å². The Morgan fingerprint density at radius 1 is 1.39 bits per heavy atom. The average molecular weight is 337 g/mol. The Morgan fingerprint density at radius 2 is 2.22 bits per heavy atom. The zero-order chi connectivity index (χ0) is 16.4. The van der Waals surface area contributed by atoms with Crippen LogP contribution in [-0.2, 0) is 13.1 Å². The molecule has 3 rings (SSSR count). The quantitative estimate of drug-likeness (QED) is 0.872. The fourth-order valence-corrected chi connectivity index (χ4v) is 2.69. The normalized spacial score (nSPS) is 15.9. The van der Waals surface area contributed by atoms with Gasteiger partial charge in [0, 0.05) is 19.3 Å². The van der Waals surface area contributed by atoms with Gasteiger partial charge in [0.1, 0.15) is 11.8 Å². The number of carbonyl (C=O) groups excluding carboxylic acids is 1. The molecular formula is C15H17ClN4O3. The lowest BCUT2D eigenvalue weighted by atomic mass is 10.2. The van der Waals surface area contributed by atoms with Crippen molar-refractivity contribution in [2.75, 3.05) is 13.2 Å². The van der Waals surface area contributed by atoms with Gasteiger partial charge in [0.25, 0.3) is 5.91 Å². The summed E-state index contributed by atoms with van der Waals surface area (Å²) < 4.78 is 1.77. The number of aromatic nitrogens is 3. The molecule has 23 heavy (non-hydrogen) atoms. The fraction of sp³-hybridized carbons (Fsp3) is 0.400. The minimum absolute atomic E-state index is 0.166. The molecule has 1 aliphatic rings. The molecule has 8 heteroatoms. The van der Waals surface area contributed by atoms with Gasteiger partial charge in [0.2, 0.25) is 0 Å². The maximum Gasteiger partial charge on any atom is 0.272 e. The van der Waals surface area contributed by atoms with Gasteiger partial charge in [0.15, 0.2) is 0 Å². The molecule has 3 heterocycles. The second-order valence-electron chi connectivity index (χ2n) is 5.42. The lowest BCUT2D eigenvalue weighted by molar-refractivity contribution is 0.0739. The van der Waals surface area contributed by atoms with Crippen LogP contribution < -0.4 is 0 Å². The molecule has 0 spiro atoms. The Hall–Kier alpha value is -1.96. The summed E-state index contributed by atoms with van der Waals surface area (Å²) in [6.45, 7) is 1.26. The van der Waals surface area contributed by atoms with E-state index in [1.54, 1.807) is 27.8 Å². The van der Waals surface area contributed by atoms with Gasteiger partial charge in [-0.25, -0.2) is 4.98 Å². The van der Waals surface area contributed by atoms with E-state index in [-0.39, 0.29) is 12.5 Å². The van der Waals surface area contributed by atoms with Crippen LogP contribution in [0.25, 0.3) is 0 Å². The third kappa shape index (κ3) is 3.36. The zero-order valence-electron chi connectivity index (χ0n) is 12.4. The first kappa shape index (κ1) is 15.9. The predicted molar refractivity (Wildman–Crippen MR) is 82.9 cm³/mol. The van der Waals surface area contributed by atoms with Gasteiger partial charge >= 0.3 is 0 Å². The molecule has 0 saturated heterocycles. The molecule has 7 nitrogen and oxygen atoms in total. The number of amides is 1. The van der Waals surface area contributed by atoms with Gasteiger partial charge < -0.3 is 15.1 Å². The van der Waals surface area contributed by atoms with Crippen LogP contribution in [0.15, 0.2) is 24.4 Å². The minimum Gasteiger partial charge on any atom is -0.393 e. The Kier molecular flexibility index (Phi) is 4.61. The first-order valence-electron chi connectivity index (χ1n) is 7.35. The van der Waals surface area contributed by atoms with Gasteiger partial charge in [0.05, 0.1) is 29.6 Å². The van der Waals surface area contributed by atoms with Crippen molar-refractivity contribution in [1.82, 2.24) is 19.7 Å². The summed E-state index contributed by atoms with van der Waals surface area (Å²) in [4.78, 5) is 18.3. The topological polar surface area (TPSA) is 91.5 Å². The monoisotopic (exact) mass is 336 g/mol. The van der Waals surface area contributed by atoms with E-state index in [9.17, 15) is 9.90 Å². The van der Waals surface area contributed by atoms with E-state index in [0.717, 1.165) is 12.1 Å².